The summed E-state index contributed by atoms with van der Waals surface area (Å²) >= 11 is 5.55. The van der Waals surface area contributed by atoms with Crippen molar-refractivity contribution in [1.29, 1.82) is 0 Å². The van der Waals surface area contributed by atoms with Crippen LogP contribution in [0.4, 0.5) is 0 Å². The lowest BCUT2D eigenvalue weighted by molar-refractivity contribution is -0.120. The normalized spacial score (nSPS) is 14.3. The second-order valence-corrected chi connectivity index (χ2v) is 4.55. The van der Waals surface area contributed by atoms with Gasteiger partial charge in [0.2, 0.25) is 5.91 Å². The maximum atomic E-state index is 10.9. The number of nitrogens with one attached hydrogen (secondary N) is 1. The zero-order valence-electron chi connectivity index (χ0n) is 7.57. The molecule has 2 nitrogen and oxygen atoms in total. The molecule has 11 heavy (non-hydrogen) atoms. The molecule has 0 unspecified atom stereocenters. The van der Waals surface area contributed by atoms with Gasteiger partial charge in [-0.05, 0) is 12.3 Å². The first-order valence-electron chi connectivity index (χ1n) is 3.75. The molecule has 0 aliphatic heterocycles. The number of hydrogen-bond acceptors (Lipinski definition) is 1. The van der Waals surface area contributed by atoms with E-state index in [0.29, 0.717) is 6.54 Å². The lowest BCUT2D eigenvalue weighted by atomic mass is 9.97. The van der Waals surface area contributed by atoms with Gasteiger partial charge < -0.3 is 5.32 Å². The summed E-state index contributed by atoms with van der Waals surface area (Å²) in [4.78, 5) is 10.9. The number of alkyl halides is 1. The Morgan fingerprint density at radius 3 is 2.27 bits per heavy atom. The average Bonchev–Trinajstić information content (AvgIpc) is 1.80. The summed E-state index contributed by atoms with van der Waals surface area (Å²) in [6.07, 6.45) is 0. The van der Waals surface area contributed by atoms with Crippen LogP contribution in [0.1, 0.15) is 27.7 Å². The van der Waals surface area contributed by atoms with Crippen molar-refractivity contribution in [3.05, 3.63) is 0 Å². The molecule has 0 aliphatic rings. The van der Waals surface area contributed by atoms with Crippen molar-refractivity contribution in [3.8, 4) is 0 Å². The molecule has 0 aromatic rings. The molecular weight excluding hydrogens is 162 g/mol. The van der Waals surface area contributed by atoms with Crippen molar-refractivity contribution >= 4 is 17.5 Å². The summed E-state index contributed by atoms with van der Waals surface area (Å²) in [5.41, 5.74) is 0.126. The lowest BCUT2D eigenvalue weighted by Crippen LogP contribution is -2.36. The van der Waals surface area contributed by atoms with E-state index in [1.54, 1.807) is 6.92 Å². The first kappa shape index (κ1) is 10.8. The fraction of sp³-hybridized carbons (Fsp3) is 0.875. The molecule has 1 amide bonds. The molecule has 1 atom stereocenters. The topological polar surface area (TPSA) is 29.1 Å². The Balaban J connectivity index is 3.64. The molecule has 0 bridgehead atoms. The van der Waals surface area contributed by atoms with Gasteiger partial charge in [-0.2, -0.15) is 0 Å². The monoisotopic (exact) mass is 177 g/mol. The Bertz CT molecular complexity index is 138. The van der Waals surface area contributed by atoms with E-state index in [-0.39, 0.29) is 11.3 Å². The van der Waals surface area contributed by atoms with E-state index in [0.717, 1.165) is 0 Å². The molecule has 0 heterocycles. The van der Waals surface area contributed by atoms with Crippen LogP contribution in [0.2, 0.25) is 0 Å². The summed E-state index contributed by atoms with van der Waals surface area (Å²) in [7, 11) is 0. The highest BCUT2D eigenvalue weighted by atomic mass is 35.5. The molecule has 0 spiro atoms. The van der Waals surface area contributed by atoms with E-state index in [2.05, 4.69) is 26.1 Å². The van der Waals surface area contributed by atoms with Gasteiger partial charge in [-0.1, -0.05) is 20.8 Å². The predicted octanol–water partition coefficient (Wildman–Crippen LogP) is 1.78. The largest absolute Gasteiger partial charge is 0.354 e. The molecule has 0 saturated heterocycles. The molecule has 0 aliphatic carbocycles. The highest BCUT2D eigenvalue weighted by Gasteiger charge is 2.14. The van der Waals surface area contributed by atoms with Crippen molar-refractivity contribution in [2.24, 2.45) is 5.41 Å². The van der Waals surface area contributed by atoms with Crippen molar-refractivity contribution in [2.45, 2.75) is 33.1 Å². The third-order valence-electron chi connectivity index (χ3n) is 1.15. The Morgan fingerprint density at radius 2 is 2.00 bits per heavy atom. The minimum Gasteiger partial charge on any atom is -0.354 e. The second-order valence-electron chi connectivity index (χ2n) is 3.89. The molecule has 0 aromatic heterocycles. The number of rotatable bonds is 2. The first-order valence-corrected chi connectivity index (χ1v) is 4.18. The number of halogens is 1. The van der Waals surface area contributed by atoms with Gasteiger partial charge in [0.05, 0.1) is 0 Å². The number of carbonyl (C=O) groups is 1. The van der Waals surface area contributed by atoms with Crippen LogP contribution < -0.4 is 5.32 Å². The SMILES string of the molecule is C[C@@H](Cl)C(=O)NCC(C)(C)C. The first-order chi connectivity index (χ1) is 4.83. The van der Waals surface area contributed by atoms with Crippen LogP contribution in [0.5, 0.6) is 0 Å². The third-order valence-corrected chi connectivity index (χ3v) is 1.35. The van der Waals surface area contributed by atoms with Crippen LogP contribution in [-0.4, -0.2) is 17.8 Å². The molecule has 1 N–H and O–H groups in total. The summed E-state index contributed by atoms with van der Waals surface area (Å²) < 4.78 is 0. The highest BCUT2D eigenvalue weighted by Crippen LogP contribution is 2.10. The van der Waals surface area contributed by atoms with Gasteiger partial charge in [0.1, 0.15) is 5.38 Å². The predicted molar refractivity (Wildman–Crippen MR) is 47.8 cm³/mol. The standard InChI is InChI=1S/C8H16ClNO/c1-6(9)7(11)10-5-8(2,3)4/h6H,5H2,1-4H3,(H,10,11)/t6-/m1/s1. The smallest absolute Gasteiger partial charge is 0.237 e. The van der Waals surface area contributed by atoms with Crippen molar-refractivity contribution in [2.75, 3.05) is 6.54 Å². The van der Waals surface area contributed by atoms with E-state index in [4.69, 9.17) is 11.6 Å². The van der Waals surface area contributed by atoms with Crippen molar-refractivity contribution in [1.82, 2.24) is 5.32 Å². The van der Waals surface area contributed by atoms with E-state index < -0.39 is 5.38 Å². The molecule has 3 heteroatoms. The van der Waals surface area contributed by atoms with Crippen LogP contribution in [0.25, 0.3) is 0 Å². The summed E-state index contributed by atoms with van der Waals surface area (Å²) in [5.74, 6) is -0.0957. The van der Waals surface area contributed by atoms with Crippen LogP contribution >= 0.6 is 11.6 Å². The van der Waals surface area contributed by atoms with Crippen LogP contribution in [0.3, 0.4) is 0 Å². The molecule has 0 fully saturated rings. The lowest BCUT2D eigenvalue weighted by Gasteiger charge is -2.19. The van der Waals surface area contributed by atoms with Gasteiger partial charge in [0, 0.05) is 6.54 Å². The Hall–Kier alpha value is -0.240. The van der Waals surface area contributed by atoms with Crippen LogP contribution in [0.15, 0.2) is 0 Å². The van der Waals surface area contributed by atoms with Gasteiger partial charge in [-0.25, -0.2) is 0 Å². The van der Waals surface area contributed by atoms with E-state index >= 15 is 0 Å². The molecule has 0 rings (SSSR count). The van der Waals surface area contributed by atoms with Gasteiger partial charge in [-0.15, -0.1) is 11.6 Å². The number of carbonyl (C=O) groups excluding carboxylic acids is 1. The van der Waals surface area contributed by atoms with Gasteiger partial charge >= 0.3 is 0 Å². The van der Waals surface area contributed by atoms with Gasteiger partial charge in [0.25, 0.3) is 0 Å². The molecule has 0 aromatic carbocycles. The van der Waals surface area contributed by atoms with Crippen LogP contribution in [-0.2, 0) is 4.79 Å². The third kappa shape index (κ3) is 6.17. The zero-order valence-corrected chi connectivity index (χ0v) is 8.33. The van der Waals surface area contributed by atoms with Crippen LogP contribution in [0, 0.1) is 5.41 Å². The van der Waals surface area contributed by atoms with Crippen molar-refractivity contribution in [3.63, 3.8) is 0 Å². The minimum absolute atomic E-state index is 0.0957. The minimum atomic E-state index is -0.433. The molecular formula is C8H16ClNO. The number of amides is 1. The molecule has 66 valence electrons. The quantitative estimate of drug-likeness (QED) is 0.641. The van der Waals surface area contributed by atoms with Gasteiger partial charge in [0.15, 0.2) is 0 Å². The fourth-order valence-electron chi connectivity index (χ4n) is 0.493. The average molecular weight is 178 g/mol. The molecule has 0 saturated carbocycles. The summed E-state index contributed by atoms with van der Waals surface area (Å²) in [6, 6.07) is 0. The second kappa shape index (κ2) is 3.96. The van der Waals surface area contributed by atoms with Crippen molar-refractivity contribution < 1.29 is 4.79 Å². The zero-order chi connectivity index (χ0) is 9.07. The van der Waals surface area contributed by atoms with Gasteiger partial charge in [-0.3, -0.25) is 4.79 Å². The summed E-state index contributed by atoms with van der Waals surface area (Å²) in [5, 5.41) is 2.32. The highest BCUT2D eigenvalue weighted by molar-refractivity contribution is 6.30. The Labute approximate surface area is 73.3 Å². The summed E-state index contributed by atoms with van der Waals surface area (Å²) in [6.45, 7) is 8.52. The molecule has 0 radical (unpaired) electrons. The maximum Gasteiger partial charge on any atom is 0.237 e. The Kier molecular flexibility index (Phi) is 3.87. The number of hydrogen-bond donors (Lipinski definition) is 1. The van der Waals surface area contributed by atoms with E-state index in [1.807, 2.05) is 0 Å². The van der Waals surface area contributed by atoms with E-state index in [9.17, 15) is 4.79 Å². The fourth-order valence-corrected chi connectivity index (χ4v) is 0.570. The maximum absolute atomic E-state index is 10.9. The van der Waals surface area contributed by atoms with E-state index in [1.165, 1.54) is 0 Å². The Morgan fingerprint density at radius 1 is 1.55 bits per heavy atom.